The van der Waals surface area contributed by atoms with Gasteiger partial charge >= 0.3 is 0 Å². The number of para-hydroxylation sites is 1. The fourth-order valence-electron chi connectivity index (χ4n) is 3.95. The number of benzene rings is 3. The van der Waals surface area contributed by atoms with Crippen LogP contribution in [0, 0.1) is 12.7 Å². The zero-order chi connectivity index (χ0) is 23.4. The Morgan fingerprint density at radius 2 is 1.70 bits per heavy atom. The summed E-state index contributed by atoms with van der Waals surface area (Å²) in [4.78, 5) is 13.8. The average Bonchev–Trinajstić information content (AvgIpc) is 2.84. The smallest absolute Gasteiger partial charge is 0.275 e. The van der Waals surface area contributed by atoms with Crippen LogP contribution in [-0.2, 0) is 0 Å². The molecule has 0 bridgehead atoms. The van der Waals surface area contributed by atoms with Crippen molar-refractivity contribution in [3.05, 3.63) is 117 Å². The van der Waals surface area contributed by atoms with Crippen LogP contribution in [0.3, 0.4) is 0 Å². The van der Waals surface area contributed by atoms with Crippen LogP contribution in [0.1, 0.15) is 35.3 Å². The van der Waals surface area contributed by atoms with Gasteiger partial charge < -0.3 is 4.74 Å². The van der Waals surface area contributed by atoms with Gasteiger partial charge in [-0.3, -0.25) is 4.79 Å². The lowest BCUT2D eigenvalue weighted by Gasteiger charge is -2.19. The SMILES string of the molecule is COc1ccccc1-c1c(C)nn(C(C)c2ccccc2)c(=O)c1/C=C/c1cccc(F)c1. The van der Waals surface area contributed by atoms with Crippen molar-refractivity contribution in [2.24, 2.45) is 0 Å². The summed E-state index contributed by atoms with van der Waals surface area (Å²) in [5, 5.41) is 4.69. The number of hydrogen-bond acceptors (Lipinski definition) is 3. The number of nitrogens with zero attached hydrogens (tertiary/aromatic N) is 2. The fourth-order valence-corrected chi connectivity index (χ4v) is 3.95. The largest absolute Gasteiger partial charge is 0.496 e. The quantitative estimate of drug-likeness (QED) is 0.361. The predicted octanol–water partition coefficient (Wildman–Crippen LogP) is 6.15. The number of aryl methyl sites for hydroxylation is 1. The molecule has 0 saturated carbocycles. The highest BCUT2D eigenvalue weighted by Crippen LogP contribution is 2.34. The van der Waals surface area contributed by atoms with Crippen LogP contribution in [-0.4, -0.2) is 16.9 Å². The van der Waals surface area contributed by atoms with Crippen LogP contribution in [0.25, 0.3) is 23.3 Å². The van der Waals surface area contributed by atoms with Crippen molar-refractivity contribution in [2.75, 3.05) is 7.11 Å². The van der Waals surface area contributed by atoms with Gasteiger partial charge in [-0.25, -0.2) is 9.07 Å². The zero-order valence-electron chi connectivity index (χ0n) is 18.8. The fraction of sp³-hybridized carbons (Fsp3) is 0.143. The highest BCUT2D eigenvalue weighted by Gasteiger charge is 2.20. The van der Waals surface area contributed by atoms with Crippen LogP contribution in [0.15, 0.2) is 83.7 Å². The Morgan fingerprint density at radius 3 is 2.42 bits per heavy atom. The van der Waals surface area contributed by atoms with Crippen LogP contribution >= 0.6 is 0 Å². The lowest BCUT2D eigenvalue weighted by atomic mass is 9.97. The second-order valence-electron chi connectivity index (χ2n) is 7.80. The molecule has 0 aliphatic rings. The molecule has 0 radical (unpaired) electrons. The normalized spacial score (nSPS) is 12.1. The standard InChI is InChI=1S/C28H25FN2O2/c1-19-27(24-14-7-8-15-26(24)33-3)25(17-16-21-10-9-13-23(29)18-21)28(32)31(30-19)20(2)22-11-5-4-6-12-22/h4-18,20H,1-3H3/b17-16+. The van der Waals surface area contributed by atoms with Crippen molar-refractivity contribution in [3.8, 4) is 16.9 Å². The van der Waals surface area contributed by atoms with E-state index in [2.05, 4.69) is 5.10 Å². The molecule has 1 aromatic heterocycles. The number of aromatic nitrogens is 2. The van der Waals surface area contributed by atoms with E-state index in [0.717, 1.165) is 11.1 Å². The molecule has 166 valence electrons. The lowest BCUT2D eigenvalue weighted by Crippen LogP contribution is -2.30. The van der Waals surface area contributed by atoms with E-state index >= 15 is 0 Å². The van der Waals surface area contributed by atoms with Gasteiger partial charge in [0.05, 0.1) is 24.4 Å². The molecule has 3 aromatic carbocycles. The number of halogens is 1. The van der Waals surface area contributed by atoms with Crippen molar-refractivity contribution >= 4 is 12.2 Å². The first-order valence-electron chi connectivity index (χ1n) is 10.7. The maximum Gasteiger partial charge on any atom is 0.275 e. The van der Waals surface area contributed by atoms with Crippen molar-refractivity contribution in [3.63, 3.8) is 0 Å². The third kappa shape index (κ3) is 4.62. The van der Waals surface area contributed by atoms with Crippen LogP contribution in [0.2, 0.25) is 0 Å². The summed E-state index contributed by atoms with van der Waals surface area (Å²) < 4.78 is 20.8. The van der Waals surface area contributed by atoms with Crippen molar-refractivity contribution in [1.82, 2.24) is 9.78 Å². The second kappa shape index (κ2) is 9.65. The summed E-state index contributed by atoms with van der Waals surface area (Å²) in [6.45, 7) is 3.83. The first-order chi connectivity index (χ1) is 16.0. The number of hydrogen-bond donors (Lipinski definition) is 0. The Kier molecular flexibility index (Phi) is 6.50. The molecule has 0 saturated heterocycles. The van der Waals surface area contributed by atoms with Gasteiger partial charge in [0.15, 0.2) is 0 Å². The van der Waals surface area contributed by atoms with E-state index in [0.29, 0.717) is 28.1 Å². The number of ether oxygens (including phenoxy) is 1. The summed E-state index contributed by atoms with van der Waals surface area (Å²) in [6.07, 6.45) is 3.48. The van der Waals surface area contributed by atoms with Gasteiger partial charge in [-0.2, -0.15) is 5.10 Å². The molecule has 5 heteroatoms. The minimum Gasteiger partial charge on any atom is -0.496 e. The molecule has 1 heterocycles. The molecule has 4 rings (SSSR count). The number of rotatable bonds is 6. The third-order valence-electron chi connectivity index (χ3n) is 5.64. The van der Waals surface area contributed by atoms with E-state index in [1.807, 2.05) is 68.4 Å². The summed E-state index contributed by atoms with van der Waals surface area (Å²) in [6, 6.07) is 23.3. The summed E-state index contributed by atoms with van der Waals surface area (Å²) in [5.41, 5.74) is 4.06. The van der Waals surface area contributed by atoms with Crippen molar-refractivity contribution in [2.45, 2.75) is 19.9 Å². The molecule has 33 heavy (non-hydrogen) atoms. The van der Waals surface area contributed by atoms with Gasteiger partial charge in [-0.1, -0.05) is 66.7 Å². The molecular weight excluding hydrogens is 415 g/mol. The molecule has 4 nitrogen and oxygen atoms in total. The van der Waals surface area contributed by atoms with Gasteiger partial charge in [-0.05, 0) is 49.2 Å². The molecule has 0 fully saturated rings. The topological polar surface area (TPSA) is 44.1 Å². The first kappa shape index (κ1) is 22.2. The van der Waals surface area contributed by atoms with Gasteiger partial charge in [-0.15, -0.1) is 0 Å². The molecule has 0 aliphatic carbocycles. The maximum atomic E-state index is 13.8. The summed E-state index contributed by atoms with van der Waals surface area (Å²) >= 11 is 0. The van der Waals surface area contributed by atoms with E-state index in [1.54, 1.807) is 31.4 Å². The maximum absolute atomic E-state index is 13.8. The van der Waals surface area contributed by atoms with Crippen molar-refractivity contribution in [1.29, 1.82) is 0 Å². The molecule has 0 amide bonds. The summed E-state index contributed by atoms with van der Waals surface area (Å²) in [5.74, 6) is 0.319. The van der Waals surface area contributed by atoms with Crippen LogP contribution in [0.5, 0.6) is 5.75 Å². The van der Waals surface area contributed by atoms with Gasteiger partial charge in [0, 0.05) is 11.1 Å². The molecule has 1 atom stereocenters. The lowest BCUT2D eigenvalue weighted by molar-refractivity contribution is 0.416. The summed E-state index contributed by atoms with van der Waals surface area (Å²) in [7, 11) is 1.60. The Labute approximate surface area is 192 Å². The predicted molar refractivity (Wildman–Crippen MR) is 131 cm³/mol. The monoisotopic (exact) mass is 440 g/mol. The Hall–Kier alpha value is -3.99. The molecule has 0 aliphatic heterocycles. The Bertz CT molecular complexity index is 1360. The van der Waals surface area contributed by atoms with Crippen molar-refractivity contribution < 1.29 is 9.13 Å². The minimum absolute atomic E-state index is 0.231. The molecular formula is C28H25FN2O2. The van der Waals surface area contributed by atoms with Gasteiger partial charge in [0.25, 0.3) is 5.56 Å². The average molecular weight is 441 g/mol. The second-order valence-corrected chi connectivity index (χ2v) is 7.80. The van der Waals surface area contributed by atoms with Gasteiger partial charge in [0.1, 0.15) is 11.6 Å². The van der Waals surface area contributed by atoms with Crippen LogP contribution < -0.4 is 10.3 Å². The van der Waals surface area contributed by atoms with Crippen LogP contribution in [0.4, 0.5) is 4.39 Å². The Morgan fingerprint density at radius 1 is 0.970 bits per heavy atom. The third-order valence-corrected chi connectivity index (χ3v) is 5.64. The van der Waals surface area contributed by atoms with E-state index in [-0.39, 0.29) is 17.4 Å². The van der Waals surface area contributed by atoms with Gasteiger partial charge in [0.2, 0.25) is 0 Å². The Balaban J connectivity index is 1.95. The van der Waals surface area contributed by atoms with E-state index in [9.17, 15) is 9.18 Å². The van der Waals surface area contributed by atoms with E-state index in [4.69, 9.17) is 4.74 Å². The molecule has 4 aromatic rings. The molecule has 0 spiro atoms. The minimum atomic E-state index is -0.330. The first-order valence-corrected chi connectivity index (χ1v) is 10.7. The van der Waals surface area contributed by atoms with E-state index < -0.39 is 0 Å². The highest BCUT2D eigenvalue weighted by atomic mass is 19.1. The molecule has 1 unspecified atom stereocenters. The number of methoxy groups -OCH3 is 1. The highest BCUT2D eigenvalue weighted by molar-refractivity contribution is 5.84. The zero-order valence-corrected chi connectivity index (χ0v) is 18.8. The molecule has 0 N–H and O–H groups in total. The van der Waals surface area contributed by atoms with E-state index in [1.165, 1.54) is 16.8 Å².